The van der Waals surface area contributed by atoms with Crippen LogP contribution in [0.2, 0.25) is 0 Å². The highest BCUT2D eigenvalue weighted by molar-refractivity contribution is 6.20. The van der Waals surface area contributed by atoms with Crippen LogP contribution in [0, 0.1) is 0 Å². The third-order valence-corrected chi connectivity index (χ3v) is 5.77. The number of carbonyl (C=O) groups is 3. The summed E-state index contributed by atoms with van der Waals surface area (Å²) < 4.78 is 15.5. The van der Waals surface area contributed by atoms with E-state index in [0.29, 0.717) is 17.7 Å². The number of cyclic esters (lactones) is 2. The number of ether oxygens (including phenoxy) is 3. The summed E-state index contributed by atoms with van der Waals surface area (Å²) in [6, 6.07) is 6.22. The molecule has 0 unspecified atom stereocenters. The zero-order valence-electron chi connectivity index (χ0n) is 20.8. The topological polar surface area (TPSA) is 105 Å². The molecule has 1 fully saturated rings. The van der Waals surface area contributed by atoms with Crippen LogP contribution in [0.4, 0.5) is 0 Å². The second-order valence-corrected chi connectivity index (χ2v) is 9.22. The first-order valence-corrected chi connectivity index (χ1v) is 12.5. The normalized spacial score (nSPS) is 15.0. The predicted octanol–water partition coefficient (Wildman–Crippen LogP) is 5.66. The van der Waals surface area contributed by atoms with E-state index in [1.807, 2.05) is 0 Å². The van der Waals surface area contributed by atoms with Crippen molar-refractivity contribution >= 4 is 23.6 Å². The van der Waals surface area contributed by atoms with Crippen LogP contribution in [0.15, 0.2) is 29.8 Å². The van der Waals surface area contributed by atoms with Gasteiger partial charge < -0.3 is 19.9 Å². The summed E-state index contributed by atoms with van der Waals surface area (Å²) in [5.41, 5.74) is 6.37. The third-order valence-electron chi connectivity index (χ3n) is 5.77. The molecule has 1 saturated heterocycles. The van der Waals surface area contributed by atoms with Gasteiger partial charge in [-0.1, -0.05) is 83.3 Å². The molecule has 1 aliphatic heterocycles. The molecule has 0 aromatic heterocycles. The van der Waals surface area contributed by atoms with Crippen molar-refractivity contribution in [1.82, 2.24) is 0 Å². The number of unbranched alkanes of at least 4 members (excludes halogenated alkanes) is 10. The summed E-state index contributed by atoms with van der Waals surface area (Å²) in [6.45, 7) is 5.55. The van der Waals surface area contributed by atoms with E-state index in [1.54, 1.807) is 24.3 Å². The van der Waals surface area contributed by atoms with Gasteiger partial charge in [0, 0.05) is 13.8 Å². The van der Waals surface area contributed by atoms with Crippen molar-refractivity contribution in [2.24, 2.45) is 5.73 Å². The van der Waals surface area contributed by atoms with E-state index in [4.69, 9.17) is 19.9 Å². The molecule has 0 saturated carbocycles. The number of rotatable bonds is 14. The highest BCUT2D eigenvalue weighted by atomic mass is 16.7. The standard InChI is InChI=1S/C27H39NO6/c1-4-5-6-7-8-9-10-11-12-13-14-19-32-24(29)21-17-15-20(16-18-21)23(28)22-25(30)33-27(2,3)34-26(22)31/h15-18H,4-14,19,28H2,1-3H3. The lowest BCUT2D eigenvalue weighted by molar-refractivity contribution is -0.222. The molecule has 7 nitrogen and oxygen atoms in total. The maximum atomic E-state index is 12.3. The average molecular weight is 474 g/mol. The molecule has 188 valence electrons. The molecule has 2 N–H and O–H groups in total. The zero-order valence-corrected chi connectivity index (χ0v) is 20.8. The van der Waals surface area contributed by atoms with Crippen molar-refractivity contribution in [1.29, 1.82) is 0 Å². The molecule has 1 aromatic rings. The summed E-state index contributed by atoms with van der Waals surface area (Å²) in [7, 11) is 0. The molecule has 1 heterocycles. The summed E-state index contributed by atoms with van der Waals surface area (Å²) >= 11 is 0. The van der Waals surface area contributed by atoms with Crippen molar-refractivity contribution in [2.75, 3.05) is 6.61 Å². The van der Waals surface area contributed by atoms with Gasteiger partial charge in [0.1, 0.15) is 0 Å². The lowest BCUT2D eigenvalue weighted by Crippen LogP contribution is -2.42. The van der Waals surface area contributed by atoms with Crippen LogP contribution in [0.1, 0.15) is 107 Å². The summed E-state index contributed by atoms with van der Waals surface area (Å²) in [5.74, 6) is -3.43. The van der Waals surface area contributed by atoms with E-state index in [1.165, 1.54) is 65.2 Å². The molecule has 0 bridgehead atoms. The van der Waals surface area contributed by atoms with Crippen LogP contribution < -0.4 is 5.73 Å². The van der Waals surface area contributed by atoms with E-state index < -0.39 is 23.7 Å². The minimum atomic E-state index is -1.33. The minimum Gasteiger partial charge on any atom is -0.462 e. The Hall–Kier alpha value is -2.83. The van der Waals surface area contributed by atoms with Crippen molar-refractivity contribution < 1.29 is 28.6 Å². The lowest BCUT2D eigenvalue weighted by Gasteiger charge is -2.30. The summed E-state index contributed by atoms with van der Waals surface area (Å²) in [6.07, 6.45) is 13.6. The number of nitrogens with two attached hydrogens (primary N) is 1. The zero-order chi connectivity index (χ0) is 25.0. The number of carbonyl (C=O) groups excluding carboxylic acids is 3. The molecule has 0 spiro atoms. The van der Waals surface area contributed by atoms with Crippen molar-refractivity contribution in [3.63, 3.8) is 0 Å². The molecule has 7 heteroatoms. The van der Waals surface area contributed by atoms with Gasteiger partial charge in [0.2, 0.25) is 0 Å². The molecule has 0 aliphatic carbocycles. The summed E-state index contributed by atoms with van der Waals surface area (Å²) in [4.78, 5) is 36.6. The van der Waals surface area contributed by atoms with Crippen LogP contribution in [-0.2, 0) is 23.8 Å². The fraction of sp³-hybridized carbons (Fsp3) is 0.593. The Morgan fingerprint density at radius 3 is 1.74 bits per heavy atom. The first-order chi connectivity index (χ1) is 16.2. The van der Waals surface area contributed by atoms with Crippen molar-refractivity contribution in [3.8, 4) is 0 Å². The van der Waals surface area contributed by atoms with E-state index in [-0.39, 0.29) is 11.3 Å². The molecule has 1 aliphatic rings. The van der Waals surface area contributed by atoms with Crippen LogP contribution in [0.5, 0.6) is 0 Å². The second-order valence-electron chi connectivity index (χ2n) is 9.22. The number of hydrogen-bond donors (Lipinski definition) is 1. The lowest BCUT2D eigenvalue weighted by atomic mass is 10.0. The van der Waals surface area contributed by atoms with Crippen LogP contribution >= 0.6 is 0 Å². The predicted molar refractivity (Wildman–Crippen MR) is 131 cm³/mol. The third kappa shape index (κ3) is 8.84. The number of hydrogen-bond acceptors (Lipinski definition) is 7. The Kier molecular flexibility index (Phi) is 11.1. The molecular weight excluding hydrogens is 434 g/mol. The van der Waals surface area contributed by atoms with Crippen LogP contribution in [0.3, 0.4) is 0 Å². The molecule has 2 rings (SSSR count). The van der Waals surface area contributed by atoms with Gasteiger partial charge in [-0.15, -0.1) is 0 Å². The Labute approximate surface area is 203 Å². The quantitative estimate of drug-likeness (QED) is 0.161. The number of benzene rings is 1. The molecule has 34 heavy (non-hydrogen) atoms. The fourth-order valence-electron chi connectivity index (χ4n) is 3.82. The Morgan fingerprint density at radius 2 is 1.24 bits per heavy atom. The number of esters is 3. The Morgan fingerprint density at radius 1 is 0.794 bits per heavy atom. The molecular formula is C27H39NO6. The monoisotopic (exact) mass is 473 g/mol. The molecule has 0 atom stereocenters. The smallest absolute Gasteiger partial charge is 0.351 e. The maximum absolute atomic E-state index is 12.3. The van der Waals surface area contributed by atoms with Gasteiger partial charge in [0.25, 0.3) is 5.79 Å². The van der Waals surface area contributed by atoms with Gasteiger partial charge in [0.05, 0.1) is 17.9 Å². The largest absolute Gasteiger partial charge is 0.462 e. The molecule has 1 aromatic carbocycles. The van der Waals surface area contributed by atoms with Gasteiger partial charge in [-0.05, 0) is 24.1 Å². The highest BCUT2D eigenvalue weighted by Crippen LogP contribution is 2.26. The minimum absolute atomic E-state index is 0.0635. The Bertz CT molecular complexity index is 834. The van der Waals surface area contributed by atoms with E-state index in [0.717, 1.165) is 19.3 Å². The van der Waals surface area contributed by atoms with Crippen LogP contribution in [0.25, 0.3) is 5.70 Å². The summed E-state index contributed by atoms with van der Waals surface area (Å²) in [5, 5.41) is 0. The first-order valence-electron chi connectivity index (χ1n) is 12.5. The van der Waals surface area contributed by atoms with Gasteiger partial charge in [-0.25, -0.2) is 14.4 Å². The van der Waals surface area contributed by atoms with Crippen LogP contribution in [-0.4, -0.2) is 30.3 Å². The van der Waals surface area contributed by atoms with E-state index in [9.17, 15) is 14.4 Å². The van der Waals surface area contributed by atoms with Crippen molar-refractivity contribution in [3.05, 3.63) is 41.0 Å². The van der Waals surface area contributed by atoms with Gasteiger partial charge in [0.15, 0.2) is 5.57 Å². The van der Waals surface area contributed by atoms with Gasteiger partial charge in [-0.3, -0.25) is 0 Å². The SMILES string of the molecule is CCCCCCCCCCCCCOC(=O)c1ccc(C(N)=C2C(=O)OC(C)(C)OC2=O)cc1. The van der Waals surface area contributed by atoms with Gasteiger partial charge in [-0.2, -0.15) is 0 Å². The second kappa shape index (κ2) is 13.8. The van der Waals surface area contributed by atoms with E-state index in [2.05, 4.69) is 6.92 Å². The fourth-order valence-corrected chi connectivity index (χ4v) is 3.82. The van der Waals surface area contributed by atoms with Gasteiger partial charge >= 0.3 is 17.9 Å². The Balaban J connectivity index is 1.70. The maximum Gasteiger partial charge on any atom is 0.351 e. The van der Waals surface area contributed by atoms with E-state index >= 15 is 0 Å². The van der Waals surface area contributed by atoms with Crippen molar-refractivity contribution in [2.45, 2.75) is 97.2 Å². The first kappa shape index (κ1) is 27.4. The molecule has 0 amide bonds. The average Bonchev–Trinajstić information content (AvgIpc) is 2.78. The molecule has 0 radical (unpaired) electrons. The highest BCUT2D eigenvalue weighted by Gasteiger charge is 2.40.